The van der Waals surface area contributed by atoms with E-state index >= 15 is 0 Å². The monoisotopic (exact) mass is 288 g/mol. The van der Waals surface area contributed by atoms with Crippen molar-refractivity contribution in [3.8, 4) is 0 Å². The van der Waals surface area contributed by atoms with Crippen LogP contribution in [-0.4, -0.2) is 10.2 Å². The molecule has 0 heterocycles. The lowest BCUT2D eigenvalue weighted by molar-refractivity contribution is 0.0989. The van der Waals surface area contributed by atoms with E-state index in [0.29, 0.717) is 5.56 Å². The highest BCUT2D eigenvalue weighted by Gasteiger charge is 2.24. The normalized spacial score (nSPS) is 11.8. The molecule has 0 aliphatic rings. The summed E-state index contributed by atoms with van der Waals surface area (Å²) >= 11 is 4.70. The van der Waals surface area contributed by atoms with Gasteiger partial charge < -0.3 is 0 Å². The zero-order valence-corrected chi connectivity index (χ0v) is 11.7. The van der Waals surface area contributed by atoms with Crippen molar-refractivity contribution in [3.05, 3.63) is 71.8 Å². The molecule has 0 aromatic heterocycles. The fourth-order valence-corrected chi connectivity index (χ4v) is 2.81. The van der Waals surface area contributed by atoms with Crippen molar-refractivity contribution >= 4 is 34.6 Å². The second-order valence-electron chi connectivity index (χ2n) is 3.90. The Kier molecular flexibility index (Phi) is 4.82. The van der Waals surface area contributed by atoms with Crippen molar-refractivity contribution in [3.63, 3.8) is 0 Å². The molecular formula is C15H12O2S2. The predicted molar refractivity (Wildman–Crippen MR) is 81.9 cm³/mol. The Bertz CT molecular complexity index is 567. The highest BCUT2D eigenvalue weighted by molar-refractivity contribution is 8.32. The van der Waals surface area contributed by atoms with Crippen molar-refractivity contribution in [1.29, 1.82) is 0 Å². The third-order valence-corrected chi connectivity index (χ3v) is 3.86. The molecule has 0 radical (unpaired) electrons. The molecule has 2 aromatic carbocycles. The van der Waals surface area contributed by atoms with Crippen LogP contribution in [0.2, 0.25) is 0 Å². The van der Waals surface area contributed by atoms with Gasteiger partial charge in [-0.15, -0.1) is 0 Å². The van der Waals surface area contributed by atoms with E-state index < -0.39 is 5.25 Å². The fourth-order valence-electron chi connectivity index (χ4n) is 1.76. The van der Waals surface area contributed by atoms with E-state index in [1.165, 1.54) is 0 Å². The number of Topliss-reactive ketones (excluding diaryl/α,β-unsaturated/α-hetero) is 1. The number of ketones is 1. The minimum atomic E-state index is -0.548. The van der Waals surface area contributed by atoms with Crippen LogP contribution >= 0.6 is 24.4 Å². The van der Waals surface area contributed by atoms with Gasteiger partial charge in [0.1, 0.15) is 5.25 Å². The number of hydrogen-bond donors (Lipinski definition) is 1. The molecule has 0 bridgehead atoms. The first-order valence-corrected chi connectivity index (χ1v) is 7.05. The standard InChI is InChI=1S/C15H12O2S2/c16-13(11-7-3-1-4-8-11)14(19-15(17)18)12-9-5-2-6-10-12/h1-10,14H,(H,17,18). The van der Waals surface area contributed by atoms with Gasteiger partial charge in [-0.05, 0) is 5.56 Å². The average molecular weight is 288 g/mol. The lowest BCUT2D eigenvalue weighted by Crippen LogP contribution is -2.10. The van der Waals surface area contributed by atoms with Crippen molar-refractivity contribution in [2.24, 2.45) is 0 Å². The quantitative estimate of drug-likeness (QED) is 0.669. The van der Waals surface area contributed by atoms with Crippen LogP contribution in [0, 0.1) is 0 Å². The third kappa shape index (κ3) is 3.72. The number of carbonyl (C=O) groups excluding carboxylic acids is 2. The van der Waals surface area contributed by atoms with Crippen molar-refractivity contribution in [2.45, 2.75) is 5.25 Å². The Balaban J connectivity index is 2.33. The summed E-state index contributed by atoms with van der Waals surface area (Å²) in [5.41, 5.74) is 1.40. The van der Waals surface area contributed by atoms with Crippen molar-refractivity contribution in [1.82, 2.24) is 0 Å². The molecule has 0 amide bonds. The number of benzene rings is 2. The van der Waals surface area contributed by atoms with Gasteiger partial charge in [-0.1, -0.05) is 85.1 Å². The summed E-state index contributed by atoms with van der Waals surface area (Å²) in [6, 6.07) is 18.2. The van der Waals surface area contributed by atoms with E-state index in [9.17, 15) is 9.59 Å². The van der Waals surface area contributed by atoms with Gasteiger partial charge in [-0.3, -0.25) is 9.59 Å². The smallest absolute Gasteiger partial charge is 0.244 e. The van der Waals surface area contributed by atoms with Crippen molar-refractivity contribution < 1.29 is 9.59 Å². The summed E-state index contributed by atoms with van der Waals surface area (Å²) in [6.07, 6.45) is 0. The maximum atomic E-state index is 12.5. The van der Waals surface area contributed by atoms with Crippen LogP contribution in [0.5, 0.6) is 0 Å². The highest BCUT2D eigenvalue weighted by atomic mass is 32.2. The van der Waals surface area contributed by atoms with Crippen LogP contribution in [0.15, 0.2) is 60.7 Å². The topological polar surface area (TPSA) is 34.1 Å². The van der Waals surface area contributed by atoms with Crippen LogP contribution < -0.4 is 0 Å². The highest BCUT2D eigenvalue weighted by Crippen LogP contribution is 2.33. The first-order valence-electron chi connectivity index (χ1n) is 5.72. The van der Waals surface area contributed by atoms with Gasteiger partial charge in [0.25, 0.3) is 0 Å². The number of rotatable bonds is 4. The van der Waals surface area contributed by atoms with Gasteiger partial charge in [0.05, 0.1) is 0 Å². The number of carbonyl (C=O) groups is 2. The average Bonchev–Trinajstić information content (AvgIpc) is 2.46. The van der Waals surface area contributed by atoms with E-state index in [0.717, 1.165) is 17.3 Å². The molecule has 2 aromatic rings. The summed E-state index contributed by atoms with van der Waals surface area (Å²) in [5.74, 6) is -0.0841. The first-order chi connectivity index (χ1) is 9.18. The van der Waals surface area contributed by atoms with Crippen molar-refractivity contribution in [2.75, 3.05) is 0 Å². The van der Waals surface area contributed by atoms with E-state index in [-0.39, 0.29) is 10.2 Å². The molecule has 0 fully saturated rings. The number of thioether (sulfide) groups is 1. The molecule has 0 spiro atoms. The molecule has 0 aliphatic heterocycles. The van der Waals surface area contributed by atoms with Crippen LogP contribution in [0.1, 0.15) is 21.2 Å². The molecule has 0 saturated carbocycles. The third-order valence-electron chi connectivity index (χ3n) is 2.62. The zero-order chi connectivity index (χ0) is 13.7. The molecule has 4 heteroatoms. The number of thiol groups is 1. The van der Waals surface area contributed by atoms with Gasteiger partial charge in [0, 0.05) is 5.56 Å². The van der Waals surface area contributed by atoms with Gasteiger partial charge in [0.2, 0.25) is 4.45 Å². The summed E-state index contributed by atoms with van der Waals surface area (Å²) < 4.78 is -0.363. The maximum Gasteiger partial charge on any atom is 0.244 e. The van der Waals surface area contributed by atoms with Crippen LogP contribution in [-0.2, 0) is 0 Å². The fraction of sp³-hybridized carbons (Fsp3) is 0.0667. The van der Waals surface area contributed by atoms with Gasteiger partial charge in [0.15, 0.2) is 5.78 Å². The summed E-state index contributed by atoms with van der Waals surface area (Å²) in [4.78, 5) is 23.7. The van der Waals surface area contributed by atoms with Crippen LogP contribution in [0.4, 0.5) is 4.79 Å². The maximum absolute atomic E-state index is 12.5. The molecule has 2 nitrogen and oxygen atoms in total. The molecule has 0 aliphatic carbocycles. The Hall–Kier alpha value is -1.52. The molecule has 0 N–H and O–H groups in total. The van der Waals surface area contributed by atoms with Crippen LogP contribution in [0.3, 0.4) is 0 Å². The van der Waals surface area contributed by atoms with E-state index in [1.54, 1.807) is 12.1 Å². The molecule has 96 valence electrons. The van der Waals surface area contributed by atoms with E-state index in [4.69, 9.17) is 0 Å². The van der Waals surface area contributed by atoms with Gasteiger partial charge in [-0.25, -0.2) is 0 Å². The Labute approximate surface area is 121 Å². The molecule has 2 rings (SSSR count). The first kappa shape index (κ1) is 13.9. The van der Waals surface area contributed by atoms with Crippen LogP contribution in [0.25, 0.3) is 0 Å². The minimum Gasteiger partial charge on any atom is -0.293 e. The second-order valence-corrected chi connectivity index (χ2v) is 5.69. The van der Waals surface area contributed by atoms with Gasteiger partial charge >= 0.3 is 0 Å². The second kappa shape index (κ2) is 6.59. The van der Waals surface area contributed by atoms with E-state index in [2.05, 4.69) is 12.6 Å². The predicted octanol–water partition coefficient (Wildman–Crippen LogP) is 4.39. The lowest BCUT2D eigenvalue weighted by atomic mass is 10.0. The Morgan fingerprint density at radius 3 is 1.95 bits per heavy atom. The largest absolute Gasteiger partial charge is 0.293 e. The molecular weight excluding hydrogens is 276 g/mol. The van der Waals surface area contributed by atoms with E-state index in [1.807, 2.05) is 48.5 Å². The van der Waals surface area contributed by atoms with Gasteiger partial charge in [-0.2, -0.15) is 0 Å². The Morgan fingerprint density at radius 2 is 1.42 bits per heavy atom. The number of hydrogen-bond acceptors (Lipinski definition) is 3. The summed E-state index contributed by atoms with van der Waals surface area (Å²) in [6.45, 7) is 0. The zero-order valence-electron chi connectivity index (χ0n) is 10.0. The minimum absolute atomic E-state index is 0.0841. The Morgan fingerprint density at radius 1 is 0.895 bits per heavy atom. The molecule has 19 heavy (non-hydrogen) atoms. The lowest BCUT2D eigenvalue weighted by Gasteiger charge is -2.13. The summed E-state index contributed by atoms with van der Waals surface area (Å²) in [5, 5.41) is -0.548. The summed E-state index contributed by atoms with van der Waals surface area (Å²) in [7, 11) is 0. The molecule has 1 unspecified atom stereocenters. The SMILES string of the molecule is O=C(S)SC(C(=O)c1ccccc1)c1ccccc1. The molecule has 1 atom stereocenters. The molecule has 0 saturated heterocycles.